The molecule has 1 aliphatic rings. The molecule has 28 heavy (non-hydrogen) atoms. The first-order valence-corrected chi connectivity index (χ1v) is 9.77. The zero-order valence-corrected chi connectivity index (χ0v) is 15.9. The van der Waals surface area contributed by atoms with Crippen LogP contribution in [0.2, 0.25) is 0 Å². The highest BCUT2D eigenvalue weighted by atomic mass is 16.5. The molecule has 0 spiro atoms. The lowest BCUT2D eigenvalue weighted by molar-refractivity contribution is 0.249. The van der Waals surface area contributed by atoms with Gasteiger partial charge in [-0.05, 0) is 42.7 Å². The van der Waals surface area contributed by atoms with Gasteiger partial charge in [0.25, 0.3) is 0 Å². The highest BCUT2D eigenvalue weighted by Gasteiger charge is 2.28. The fraction of sp³-hybridized carbons (Fsp3) is 0.208. The summed E-state index contributed by atoms with van der Waals surface area (Å²) in [5, 5.41) is 6.04. The number of hydrogen-bond acceptors (Lipinski definition) is 2. The molecule has 0 radical (unpaired) electrons. The van der Waals surface area contributed by atoms with Crippen molar-refractivity contribution in [2.24, 2.45) is 0 Å². The fourth-order valence-corrected chi connectivity index (χ4v) is 3.50. The molecule has 4 rings (SSSR count). The monoisotopic (exact) mass is 372 g/mol. The lowest BCUT2D eigenvalue weighted by Gasteiger charge is -2.28. The molecule has 0 aromatic heterocycles. The van der Waals surface area contributed by atoms with Crippen LogP contribution in [0.5, 0.6) is 11.5 Å². The zero-order valence-electron chi connectivity index (χ0n) is 15.9. The van der Waals surface area contributed by atoms with Gasteiger partial charge in [-0.2, -0.15) is 0 Å². The highest BCUT2D eigenvalue weighted by molar-refractivity contribution is 5.90. The second-order valence-corrected chi connectivity index (χ2v) is 7.01. The second kappa shape index (κ2) is 8.17. The number of rotatable bonds is 5. The molecule has 1 heterocycles. The van der Waals surface area contributed by atoms with Gasteiger partial charge in [-0.15, -0.1) is 0 Å². The Bertz CT molecular complexity index is 921. The van der Waals surface area contributed by atoms with E-state index in [1.165, 1.54) is 18.4 Å². The summed E-state index contributed by atoms with van der Waals surface area (Å²) in [5.74, 6) is 1.54. The minimum Gasteiger partial charge on any atom is -0.457 e. The Morgan fingerprint density at radius 2 is 1.50 bits per heavy atom. The summed E-state index contributed by atoms with van der Waals surface area (Å²) >= 11 is 0. The fourth-order valence-electron chi connectivity index (χ4n) is 3.50. The van der Waals surface area contributed by atoms with E-state index in [0.717, 1.165) is 34.7 Å². The third-order valence-corrected chi connectivity index (χ3v) is 4.99. The van der Waals surface area contributed by atoms with Gasteiger partial charge in [0, 0.05) is 16.8 Å². The van der Waals surface area contributed by atoms with Crippen molar-refractivity contribution >= 4 is 11.7 Å². The average molecular weight is 372 g/mol. The van der Waals surface area contributed by atoms with Crippen molar-refractivity contribution in [3.05, 3.63) is 89.5 Å². The van der Waals surface area contributed by atoms with Crippen LogP contribution in [0.15, 0.2) is 72.8 Å². The topological polar surface area (TPSA) is 50.4 Å². The van der Waals surface area contributed by atoms with Crippen molar-refractivity contribution in [2.45, 2.75) is 32.2 Å². The average Bonchev–Trinajstić information content (AvgIpc) is 2.73. The number of nitrogens with one attached hydrogen (secondary N) is 2. The molecule has 1 aliphatic heterocycles. The molecule has 0 fully saturated rings. The molecule has 2 amide bonds. The van der Waals surface area contributed by atoms with Gasteiger partial charge in [-0.1, -0.05) is 61.9 Å². The maximum Gasteiger partial charge on any atom is 0.319 e. The van der Waals surface area contributed by atoms with Gasteiger partial charge in [0.1, 0.15) is 11.5 Å². The van der Waals surface area contributed by atoms with Crippen LogP contribution < -0.4 is 15.4 Å². The number of carbonyl (C=O) groups excluding carboxylic acids is 1. The summed E-state index contributed by atoms with van der Waals surface area (Å²) in [6.07, 6.45) is 3.42. The highest BCUT2D eigenvalue weighted by Crippen LogP contribution is 2.42. The Morgan fingerprint density at radius 3 is 2.11 bits per heavy atom. The molecular weight excluding hydrogens is 348 g/mol. The number of para-hydroxylation sites is 2. The molecule has 3 aromatic carbocycles. The number of carbonyl (C=O) groups is 1. The zero-order chi connectivity index (χ0) is 19.3. The number of anilines is 1. The van der Waals surface area contributed by atoms with Crippen LogP contribution >= 0.6 is 0 Å². The summed E-state index contributed by atoms with van der Waals surface area (Å²) in [5.41, 5.74) is 3.98. The van der Waals surface area contributed by atoms with Crippen LogP contribution in [-0.2, 0) is 6.42 Å². The molecule has 0 atom stereocenters. The molecule has 3 aromatic rings. The van der Waals surface area contributed by atoms with Gasteiger partial charge in [0.2, 0.25) is 0 Å². The van der Waals surface area contributed by atoms with E-state index in [1.54, 1.807) is 0 Å². The van der Waals surface area contributed by atoms with Crippen molar-refractivity contribution < 1.29 is 9.53 Å². The molecule has 0 unspecified atom stereocenters. The third-order valence-electron chi connectivity index (χ3n) is 4.99. The van der Waals surface area contributed by atoms with Gasteiger partial charge in [0.05, 0.1) is 6.04 Å². The quantitative estimate of drug-likeness (QED) is 0.573. The smallest absolute Gasteiger partial charge is 0.319 e. The predicted molar refractivity (Wildman–Crippen MR) is 112 cm³/mol. The first-order chi connectivity index (χ1) is 13.7. The summed E-state index contributed by atoms with van der Waals surface area (Å²) < 4.78 is 5.98. The number of urea groups is 1. The standard InChI is InChI=1S/C24H24N2O2/c1-2-3-8-17-13-15-18(16-14-17)25-24(27)26-23-19-9-4-6-11-21(19)28-22-12-7-5-10-20(22)23/h4-7,9-16,23H,2-3,8H2,1H3,(H2,25,26,27). The Kier molecular flexibility index (Phi) is 5.29. The molecule has 0 saturated carbocycles. The molecule has 4 nitrogen and oxygen atoms in total. The third kappa shape index (κ3) is 3.86. The van der Waals surface area contributed by atoms with Crippen molar-refractivity contribution in [3.8, 4) is 11.5 Å². The van der Waals surface area contributed by atoms with Gasteiger partial charge >= 0.3 is 6.03 Å². The molecule has 2 N–H and O–H groups in total. The van der Waals surface area contributed by atoms with Crippen LogP contribution in [0, 0.1) is 0 Å². The van der Waals surface area contributed by atoms with E-state index in [0.29, 0.717) is 0 Å². The van der Waals surface area contributed by atoms with E-state index in [-0.39, 0.29) is 12.1 Å². The largest absolute Gasteiger partial charge is 0.457 e. The van der Waals surface area contributed by atoms with E-state index >= 15 is 0 Å². The molecule has 142 valence electrons. The molecule has 0 aliphatic carbocycles. The van der Waals surface area contributed by atoms with Crippen molar-refractivity contribution in [2.75, 3.05) is 5.32 Å². The Morgan fingerprint density at radius 1 is 0.893 bits per heavy atom. The van der Waals surface area contributed by atoms with Gasteiger partial charge in [-0.25, -0.2) is 4.79 Å². The van der Waals surface area contributed by atoms with E-state index < -0.39 is 0 Å². The minimum atomic E-state index is -0.259. The van der Waals surface area contributed by atoms with E-state index in [2.05, 4.69) is 29.7 Å². The first kappa shape index (κ1) is 18.1. The number of benzene rings is 3. The number of ether oxygens (including phenoxy) is 1. The van der Waals surface area contributed by atoms with Crippen LogP contribution in [0.4, 0.5) is 10.5 Å². The van der Waals surface area contributed by atoms with Crippen LogP contribution in [0.25, 0.3) is 0 Å². The Labute approximate surface area is 165 Å². The molecule has 4 heteroatoms. The maximum absolute atomic E-state index is 12.7. The molecule has 0 bridgehead atoms. The van der Waals surface area contributed by atoms with Crippen molar-refractivity contribution in [1.29, 1.82) is 0 Å². The normalized spacial score (nSPS) is 12.5. The number of unbranched alkanes of at least 4 members (excludes halogenated alkanes) is 1. The lowest BCUT2D eigenvalue weighted by Crippen LogP contribution is -2.34. The van der Waals surface area contributed by atoms with Crippen molar-refractivity contribution in [3.63, 3.8) is 0 Å². The van der Waals surface area contributed by atoms with E-state index in [9.17, 15) is 4.79 Å². The summed E-state index contributed by atoms with van der Waals surface area (Å²) in [6, 6.07) is 23.2. The maximum atomic E-state index is 12.7. The first-order valence-electron chi connectivity index (χ1n) is 9.77. The summed E-state index contributed by atoms with van der Waals surface area (Å²) in [6.45, 7) is 2.19. The molecule has 0 saturated heterocycles. The van der Waals surface area contributed by atoms with Gasteiger partial charge in [0.15, 0.2) is 0 Å². The van der Waals surface area contributed by atoms with Crippen LogP contribution in [0.1, 0.15) is 42.5 Å². The van der Waals surface area contributed by atoms with Crippen LogP contribution in [-0.4, -0.2) is 6.03 Å². The van der Waals surface area contributed by atoms with E-state index in [4.69, 9.17) is 4.74 Å². The summed E-state index contributed by atoms with van der Waals surface area (Å²) in [4.78, 5) is 12.7. The predicted octanol–water partition coefficient (Wildman–Crippen LogP) is 6.05. The SMILES string of the molecule is CCCCc1ccc(NC(=O)NC2c3ccccc3Oc3ccccc32)cc1. The van der Waals surface area contributed by atoms with E-state index in [1.807, 2.05) is 60.7 Å². The number of amides is 2. The van der Waals surface area contributed by atoms with Gasteiger partial charge < -0.3 is 15.4 Å². The lowest BCUT2D eigenvalue weighted by atomic mass is 9.95. The number of aryl methyl sites for hydroxylation is 1. The summed E-state index contributed by atoms with van der Waals surface area (Å²) in [7, 11) is 0. The second-order valence-electron chi connectivity index (χ2n) is 7.01. The van der Waals surface area contributed by atoms with Crippen molar-refractivity contribution in [1.82, 2.24) is 5.32 Å². The number of fused-ring (bicyclic) bond motifs is 2. The molecular formula is C24H24N2O2. The minimum absolute atomic E-state index is 0.238. The Hall–Kier alpha value is -3.27. The van der Waals surface area contributed by atoms with Crippen LogP contribution in [0.3, 0.4) is 0 Å². The number of hydrogen-bond donors (Lipinski definition) is 2. The van der Waals surface area contributed by atoms with Gasteiger partial charge in [-0.3, -0.25) is 0 Å². The Balaban J connectivity index is 1.50.